The zero-order valence-corrected chi connectivity index (χ0v) is 12.5. The van der Waals surface area contributed by atoms with Gasteiger partial charge in [0.15, 0.2) is 5.11 Å². The minimum atomic E-state index is -4.50. The van der Waals surface area contributed by atoms with Crippen LogP contribution in [0.1, 0.15) is 18.4 Å². The molecule has 1 aromatic carbocycles. The number of anilines is 1. The molecule has 1 heterocycles. The molecular weight excluding hydrogens is 325 g/mol. The van der Waals surface area contributed by atoms with Crippen LogP contribution in [0.25, 0.3) is 0 Å². The predicted octanol–water partition coefficient (Wildman–Crippen LogP) is 3.82. The first-order valence-corrected chi connectivity index (χ1v) is 7.18. The zero-order valence-electron chi connectivity index (χ0n) is 11.0. The van der Waals surface area contributed by atoms with E-state index in [0.717, 1.165) is 18.9 Å². The van der Waals surface area contributed by atoms with Gasteiger partial charge < -0.3 is 15.4 Å². The molecule has 2 rings (SSSR count). The highest BCUT2D eigenvalue weighted by Gasteiger charge is 2.34. The summed E-state index contributed by atoms with van der Waals surface area (Å²) in [5.41, 5.74) is -0.979. The maximum absolute atomic E-state index is 12.9. The third-order valence-electron chi connectivity index (χ3n) is 3.05. The molecule has 1 fully saturated rings. The fourth-order valence-corrected chi connectivity index (χ4v) is 2.40. The number of ether oxygens (including phenoxy) is 1. The van der Waals surface area contributed by atoms with Crippen molar-refractivity contribution in [2.45, 2.75) is 25.1 Å². The second-order valence-electron chi connectivity index (χ2n) is 4.66. The summed E-state index contributed by atoms with van der Waals surface area (Å²) in [7, 11) is 0. The zero-order chi connectivity index (χ0) is 15.5. The molecule has 0 aromatic heterocycles. The molecule has 21 heavy (non-hydrogen) atoms. The van der Waals surface area contributed by atoms with Crippen LogP contribution in [0, 0.1) is 0 Å². The molecule has 3 nitrogen and oxygen atoms in total. The standard InChI is InChI=1S/C13H14ClF3N2OS/c14-8-3-4-11(10(6-8)13(15,16)17)19-12(21)18-7-9-2-1-5-20-9/h3-4,6,9H,1-2,5,7H2,(H2,18,19,21). The summed E-state index contributed by atoms with van der Waals surface area (Å²) >= 11 is 10.6. The molecule has 1 aliphatic rings. The smallest absolute Gasteiger partial charge is 0.376 e. The Morgan fingerprint density at radius 3 is 2.81 bits per heavy atom. The molecule has 0 radical (unpaired) electrons. The van der Waals surface area contributed by atoms with Crippen molar-refractivity contribution in [3.63, 3.8) is 0 Å². The van der Waals surface area contributed by atoms with Gasteiger partial charge in [0.25, 0.3) is 0 Å². The molecule has 0 amide bonds. The van der Waals surface area contributed by atoms with E-state index in [2.05, 4.69) is 10.6 Å². The van der Waals surface area contributed by atoms with Crippen molar-refractivity contribution in [3.8, 4) is 0 Å². The lowest BCUT2D eigenvalue weighted by atomic mass is 10.1. The van der Waals surface area contributed by atoms with Gasteiger partial charge in [0.1, 0.15) is 0 Å². The van der Waals surface area contributed by atoms with Crippen molar-refractivity contribution in [3.05, 3.63) is 28.8 Å². The highest BCUT2D eigenvalue weighted by atomic mass is 35.5. The lowest BCUT2D eigenvalue weighted by Crippen LogP contribution is -2.35. The van der Waals surface area contributed by atoms with Gasteiger partial charge in [0, 0.05) is 18.2 Å². The Kier molecular flexibility index (Phi) is 5.29. The average molecular weight is 339 g/mol. The summed E-state index contributed by atoms with van der Waals surface area (Å²) in [5.74, 6) is 0. The number of alkyl halides is 3. The Labute approximate surface area is 130 Å². The van der Waals surface area contributed by atoms with Gasteiger partial charge in [-0.1, -0.05) is 11.6 Å². The molecule has 1 atom stereocenters. The molecule has 1 saturated heterocycles. The second-order valence-corrected chi connectivity index (χ2v) is 5.50. The molecule has 0 aliphatic carbocycles. The van der Waals surface area contributed by atoms with E-state index < -0.39 is 11.7 Å². The van der Waals surface area contributed by atoms with Gasteiger partial charge >= 0.3 is 6.18 Å². The van der Waals surface area contributed by atoms with E-state index in [1.165, 1.54) is 12.1 Å². The molecule has 8 heteroatoms. The fraction of sp³-hybridized carbons (Fsp3) is 0.462. The summed E-state index contributed by atoms with van der Waals surface area (Å²) in [6.45, 7) is 1.18. The van der Waals surface area contributed by atoms with E-state index >= 15 is 0 Å². The summed E-state index contributed by atoms with van der Waals surface area (Å²) < 4.78 is 44.2. The monoisotopic (exact) mass is 338 g/mol. The van der Waals surface area contributed by atoms with Crippen LogP contribution < -0.4 is 10.6 Å². The second kappa shape index (κ2) is 6.81. The van der Waals surface area contributed by atoms with Crippen LogP contribution in [0.2, 0.25) is 5.02 Å². The summed E-state index contributed by atoms with van der Waals surface area (Å²) in [5, 5.41) is 5.56. The molecule has 0 spiro atoms. The van der Waals surface area contributed by atoms with Gasteiger partial charge in [-0.15, -0.1) is 0 Å². The normalized spacial score (nSPS) is 18.6. The molecule has 1 unspecified atom stereocenters. The summed E-state index contributed by atoms with van der Waals surface area (Å²) in [4.78, 5) is 0. The Balaban J connectivity index is 1.99. The van der Waals surface area contributed by atoms with E-state index in [4.69, 9.17) is 28.6 Å². The van der Waals surface area contributed by atoms with Crippen LogP contribution in [0.4, 0.5) is 18.9 Å². The van der Waals surface area contributed by atoms with Gasteiger partial charge in [-0.2, -0.15) is 13.2 Å². The fourth-order valence-electron chi connectivity index (χ4n) is 2.04. The quantitative estimate of drug-likeness (QED) is 0.821. The Bertz CT molecular complexity index is 519. The van der Waals surface area contributed by atoms with E-state index in [9.17, 15) is 13.2 Å². The van der Waals surface area contributed by atoms with E-state index in [1.807, 2.05) is 0 Å². The van der Waals surface area contributed by atoms with Gasteiger partial charge in [0.2, 0.25) is 0 Å². The Hall–Kier alpha value is -1.05. The topological polar surface area (TPSA) is 33.3 Å². The molecule has 1 aromatic rings. The summed E-state index contributed by atoms with van der Waals surface area (Å²) in [6, 6.07) is 3.50. The van der Waals surface area contributed by atoms with Crippen LogP contribution in [0.3, 0.4) is 0 Å². The average Bonchev–Trinajstić information content (AvgIpc) is 2.90. The van der Waals surface area contributed by atoms with E-state index in [1.54, 1.807) is 0 Å². The first-order valence-electron chi connectivity index (χ1n) is 6.39. The molecule has 2 N–H and O–H groups in total. The SMILES string of the molecule is FC(F)(F)c1cc(Cl)ccc1NC(=S)NCC1CCCO1. The number of halogens is 4. The van der Waals surface area contributed by atoms with Crippen molar-refractivity contribution in [1.82, 2.24) is 5.32 Å². The van der Waals surface area contributed by atoms with E-state index in [0.29, 0.717) is 13.2 Å². The maximum atomic E-state index is 12.9. The molecule has 1 aliphatic heterocycles. The van der Waals surface area contributed by atoms with Crippen molar-refractivity contribution in [1.29, 1.82) is 0 Å². The van der Waals surface area contributed by atoms with Crippen LogP contribution in [0.5, 0.6) is 0 Å². The molecule has 116 valence electrons. The first-order chi connectivity index (χ1) is 9.86. The lowest BCUT2D eigenvalue weighted by molar-refractivity contribution is -0.136. The first kappa shape index (κ1) is 16.3. The molecule has 0 saturated carbocycles. The number of hydrogen-bond donors (Lipinski definition) is 2. The van der Waals surface area contributed by atoms with Crippen molar-refractivity contribution in [2.24, 2.45) is 0 Å². The van der Waals surface area contributed by atoms with Gasteiger partial charge in [-0.25, -0.2) is 0 Å². The van der Waals surface area contributed by atoms with Gasteiger partial charge in [0.05, 0.1) is 17.4 Å². The van der Waals surface area contributed by atoms with Crippen molar-refractivity contribution < 1.29 is 17.9 Å². The number of nitrogens with one attached hydrogen (secondary N) is 2. The number of benzene rings is 1. The van der Waals surface area contributed by atoms with Crippen molar-refractivity contribution >= 4 is 34.6 Å². The lowest BCUT2D eigenvalue weighted by Gasteiger charge is -2.17. The van der Waals surface area contributed by atoms with Crippen LogP contribution in [-0.2, 0) is 10.9 Å². The van der Waals surface area contributed by atoms with Crippen LogP contribution >= 0.6 is 23.8 Å². The minimum Gasteiger partial charge on any atom is -0.376 e. The van der Waals surface area contributed by atoms with Crippen molar-refractivity contribution in [2.75, 3.05) is 18.5 Å². The van der Waals surface area contributed by atoms with Crippen LogP contribution in [-0.4, -0.2) is 24.4 Å². The van der Waals surface area contributed by atoms with Gasteiger partial charge in [-0.3, -0.25) is 0 Å². The largest absolute Gasteiger partial charge is 0.418 e. The molecule has 0 bridgehead atoms. The number of thiocarbonyl (C=S) groups is 1. The van der Waals surface area contributed by atoms with Crippen LogP contribution in [0.15, 0.2) is 18.2 Å². The summed E-state index contributed by atoms with van der Waals surface area (Å²) in [6.07, 6.45) is -2.54. The minimum absolute atomic E-state index is 0.0195. The Morgan fingerprint density at radius 1 is 1.43 bits per heavy atom. The van der Waals surface area contributed by atoms with Gasteiger partial charge in [-0.05, 0) is 43.3 Å². The molecular formula is C13H14ClF3N2OS. The Morgan fingerprint density at radius 2 is 2.19 bits per heavy atom. The van der Waals surface area contributed by atoms with E-state index in [-0.39, 0.29) is 21.9 Å². The highest BCUT2D eigenvalue weighted by molar-refractivity contribution is 7.80. The highest BCUT2D eigenvalue weighted by Crippen LogP contribution is 2.36. The number of rotatable bonds is 3. The third kappa shape index (κ3) is 4.72. The predicted molar refractivity (Wildman–Crippen MR) is 79.7 cm³/mol. The maximum Gasteiger partial charge on any atom is 0.418 e. The number of hydrogen-bond acceptors (Lipinski definition) is 2. The third-order valence-corrected chi connectivity index (χ3v) is 3.53.